The molecule has 3 rings (SSSR count). The van der Waals surface area contributed by atoms with E-state index in [0.29, 0.717) is 6.54 Å². The Morgan fingerprint density at radius 3 is 2.44 bits per heavy atom. The van der Waals surface area contributed by atoms with Crippen molar-refractivity contribution in [3.8, 4) is 5.75 Å². The summed E-state index contributed by atoms with van der Waals surface area (Å²) < 4.78 is 11.2. The molecule has 0 N–H and O–H groups in total. The van der Waals surface area contributed by atoms with Gasteiger partial charge >= 0.3 is 0 Å². The van der Waals surface area contributed by atoms with Crippen molar-refractivity contribution in [3.05, 3.63) is 29.3 Å². The number of aryl methyl sites for hydroxylation is 2. The van der Waals surface area contributed by atoms with E-state index in [1.165, 1.54) is 11.1 Å². The molecule has 150 valence electrons. The van der Waals surface area contributed by atoms with Crippen LogP contribution >= 0.6 is 0 Å². The van der Waals surface area contributed by atoms with Gasteiger partial charge in [-0.15, -0.1) is 0 Å². The zero-order valence-electron chi connectivity index (χ0n) is 16.8. The smallest absolute Gasteiger partial charge is 0.236 e. The maximum atomic E-state index is 12.4. The number of amides is 1. The van der Waals surface area contributed by atoms with Gasteiger partial charge in [-0.2, -0.15) is 0 Å². The van der Waals surface area contributed by atoms with Crippen molar-refractivity contribution in [2.24, 2.45) is 0 Å². The molecule has 2 saturated heterocycles. The second-order valence-electron chi connectivity index (χ2n) is 7.56. The highest BCUT2D eigenvalue weighted by Gasteiger charge is 2.23. The molecule has 2 fully saturated rings. The van der Waals surface area contributed by atoms with E-state index in [1.807, 2.05) is 11.0 Å². The first-order valence-corrected chi connectivity index (χ1v) is 10.1. The molecule has 0 bridgehead atoms. The summed E-state index contributed by atoms with van der Waals surface area (Å²) >= 11 is 0. The van der Waals surface area contributed by atoms with Crippen LogP contribution in [0.15, 0.2) is 18.2 Å². The number of carbonyl (C=O) groups excluding carboxylic acids is 1. The van der Waals surface area contributed by atoms with Crippen LogP contribution in [0.4, 0.5) is 0 Å². The Kier molecular flexibility index (Phi) is 7.50. The molecule has 0 unspecified atom stereocenters. The van der Waals surface area contributed by atoms with Crippen molar-refractivity contribution in [3.63, 3.8) is 0 Å². The van der Waals surface area contributed by atoms with E-state index in [-0.39, 0.29) is 5.91 Å². The van der Waals surface area contributed by atoms with E-state index in [4.69, 9.17) is 9.47 Å². The van der Waals surface area contributed by atoms with Crippen molar-refractivity contribution < 1.29 is 14.3 Å². The predicted molar refractivity (Wildman–Crippen MR) is 106 cm³/mol. The monoisotopic (exact) mass is 375 g/mol. The third-order valence-corrected chi connectivity index (χ3v) is 5.55. The van der Waals surface area contributed by atoms with Gasteiger partial charge < -0.3 is 14.4 Å². The van der Waals surface area contributed by atoms with Crippen LogP contribution in [-0.4, -0.2) is 92.8 Å². The van der Waals surface area contributed by atoms with E-state index < -0.39 is 0 Å². The van der Waals surface area contributed by atoms with Crippen LogP contribution < -0.4 is 4.74 Å². The SMILES string of the molecule is Cc1ccc(OCCCN2CCN(C(=O)CN3CCOCC3)CC2)cc1C. The van der Waals surface area contributed by atoms with E-state index in [1.54, 1.807) is 0 Å². The fourth-order valence-corrected chi connectivity index (χ4v) is 3.55. The largest absolute Gasteiger partial charge is 0.494 e. The summed E-state index contributed by atoms with van der Waals surface area (Å²) in [6, 6.07) is 6.26. The number of benzene rings is 1. The summed E-state index contributed by atoms with van der Waals surface area (Å²) in [5.74, 6) is 1.21. The Morgan fingerprint density at radius 2 is 1.74 bits per heavy atom. The van der Waals surface area contributed by atoms with Crippen molar-refractivity contribution >= 4 is 5.91 Å². The van der Waals surface area contributed by atoms with Crippen LogP contribution in [0.25, 0.3) is 0 Å². The van der Waals surface area contributed by atoms with Gasteiger partial charge in [0.05, 0.1) is 26.4 Å². The Bertz CT molecular complexity index is 609. The summed E-state index contributed by atoms with van der Waals surface area (Å²) in [7, 11) is 0. The summed E-state index contributed by atoms with van der Waals surface area (Å²) in [5.41, 5.74) is 2.56. The zero-order chi connectivity index (χ0) is 19.1. The van der Waals surface area contributed by atoms with Gasteiger partial charge in [-0.1, -0.05) is 6.07 Å². The average Bonchev–Trinajstić information content (AvgIpc) is 2.69. The quantitative estimate of drug-likeness (QED) is 0.677. The molecule has 0 aliphatic carbocycles. The predicted octanol–water partition coefficient (Wildman–Crippen LogP) is 1.55. The lowest BCUT2D eigenvalue weighted by Gasteiger charge is -2.36. The first kappa shape index (κ1) is 20.1. The minimum absolute atomic E-state index is 0.259. The van der Waals surface area contributed by atoms with Crippen LogP contribution in [0, 0.1) is 13.8 Å². The van der Waals surface area contributed by atoms with Crippen molar-refractivity contribution in [2.75, 3.05) is 72.2 Å². The molecule has 2 aliphatic rings. The number of rotatable bonds is 7. The minimum Gasteiger partial charge on any atom is -0.494 e. The Morgan fingerprint density at radius 1 is 1.00 bits per heavy atom. The molecular formula is C21H33N3O3. The Hall–Kier alpha value is -1.63. The van der Waals surface area contributed by atoms with Gasteiger partial charge in [0.25, 0.3) is 0 Å². The lowest BCUT2D eigenvalue weighted by Crippen LogP contribution is -2.52. The van der Waals surface area contributed by atoms with E-state index in [2.05, 4.69) is 35.8 Å². The van der Waals surface area contributed by atoms with Gasteiger partial charge in [-0.3, -0.25) is 14.6 Å². The first-order valence-electron chi connectivity index (χ1n) is 10.1. The van der Waals surface area contributed by atoms with Gasteiger partial charge in [0, 0.05) is 45.8 Å². The standard InChI is InChI=1S/C21H33N3O3/c1-18-4-5-20(16-19(18)2)27-13-3-6-22-7-9-24(10-8-22)21(25)17-23-11-14-26-15-12-23/h4-5,16H,3,6-15,17H2,1-2H3. The second kappa shape index (κ2) is 10.1. The molecular weight excluding hydrogens is 342 g/mol. The average molecular weight is 376 g/mol. The molecule has 0 aromatic heterocycles. The maximum Gasteiger partial charge on any atom is 0.236 e. The molecule has 6 heteroatoms. The maximum absolute atomic E-state index is 12.4. The number of nitrogens with zero attached hydrogens (tertiary/aromatic N) is 3. The molecule has 0 spiro atoms. The lowest BCUT2D eigenvalue weighted by atomic mass is 10.1. The molecule has 0 saturated carbocycles. The molecule has 1 amide bonds. The van der Waals surface area contributed by atoms with Gasteiger partial charge in [0.15, 0.2) is 0 Å². The van der Waals surface area contributed by atoms with Crippen LogP contribution in [0.5, 0.6) is 5.75 Å². The van der Waals surface area contributed by atoms with Crippen LogP contribution in [0.3, 0.4) is 0 Å². The molecule has 1 aromatic rings. The third-order valence-electron chi connectivity index (χ3n) is 5.55. The number of carbonyl (C=O) groups is 1. The molecule has 2 heterocycles. The van der Waals surface area contributed by atoms with Crippen molar-refractivity contribution in [1.82, 2.24) is 14.7 Å². The summed E-state index contributed by atoms with van der Waals surface area (Å²) in [6.07, 6.45) is 1.01. The van der Waals surface area contributed by atoms with Crippen molar-refractivity contribution in [2.45, 2.75) is 20.3 Å². The summed E-state index contributed by atoms with van der Waals surface area (Å²) in [6.45, 7) is 13.3. The van der Waals surface area contributed by atoms with Crippen molar-refractivity contribution in [1.29, 1.82) is 0 Å². The normalized spacial score (nSPS) is 19.3. The topological polar surface area (TPSA) is 45.2 Å². The molecule has 0 atom stereocenters. The number of morpholine rings is 1. The number of piperazine rings is 1. The fraction of sp³-hybridized carbons (Fsp3) is 0.667. The van der Waals surface area contributed by atoms with Gasteiger partial charge in [0.1, 0.15) is 5.75 Å². The van der Waals surface area contributed by atoms with Crippen LogP contribution in [0.1, 0.15) is 17.5 Å². The number of hydrogen-bond acceptors (Lipinski definition) is 5. The highest BCUT2D eigenvalue weighted by atomic mass is 16.5. The van der Waals surface area contributed by atoms with E-state index in [0.717, 1.165) is 77.8 Å². The van der Waals surface area contributed by atoms with Gasteiger partial charge in [0.2, 0.25) is 5.91 Å². The Balaban J connectivity index is 1.30. The van der Waals surface area contributed by atoms with Crippen LogP contribution in [0.2, 0.25) is 0 Å². The molecule has 0 radical (unpaired) electrons. The second-order valence-corrected chi connectivity index (χ2v) is 7.56. The number of hydrogen-bond donors (Lipinski definition) is 0. The summed E-state index contributed by atoms with van der Waals surface area (Å²) in [5, 5.41) is 0. The first-order chi connectivity index (χ1) is 13.1. The Labute approximate surface area is 163 Å². The summed E-state index contributed by atoms with van der Waals surface area (Å²) in [4.78, 5) is 19.1. The zero-order valence-corrected chi connectivity index (χ0v) is 16.8. The molecule has 1 aromatic carbocycles. The highest BCUT2D eigenvalue weighted by Crippen LogP contribution is 2.16. The molecule has 27 heavy (non-hydrogen) atoms. The number of ether oxygens (including phenoxy) is 2. The lowest BCUT2D eigenvalue weighted by molar-refractivity contribution is -0.135. The van der Waals surface area contributed by atoms with Gasteiger partial charge in [-0.05, 0) is 43.5 Å². The molecule has 2 aliphatic heterocycles. The van der Waals surface area contributed by atoms with E-state index in [9.17, 15) is 4.79 Å². The fourth-order valence-electron chi connectivity index (χ4n) is 3.55. The van der Waals surface area contributed by atoms with Crippen LogP contribution in [-0.2, 0) is 9.53 Å². The highest BCUT2D eigenvalue weighted by molar-refractivity contribution is 5.78. The minimum atomic E-state index is 0.259. The van der Waals surface area contributed by atoms with Gasteiger partial charge in [-0.25, -0.2) is 0 Å². The van der Waals surface area contributed by atoms with E-state index >= 15 is 0 Å². The molecule has 6 nitrogen and oxygen atoms in total. The third kappa shape index (κ3) is 6.19.